The third-order valence-electron chi connectivity index (χ3n) is 5.78. The molecule has 0 amide bonds. The number of fused-ring (bicyclic) bond motifs is 1. The first-order valence-corrected chi connectivity index (χ1v) is 10.9. The fourth-order valence-corrected chi connectivity index (χ4v) is 4.26. The monoisotopic (exact) mass is 447 g/mol. The Balaban J connectivity index is 1.66. The lowest BCUT2D eigenvalue weighted by atomic mass is 10.0. The number of morpholine rings is 1. The number of aromatic carboxylic acids is 1. The minimum absolute atomic E-state index is 0.277. The molecule has 4 aromatic rings. The summed E-state index contributed by atoms with van der Waals surface area (Å²) in [6.07, 6.45) is 1.99. The van der Waals surface area contributed by atoms with E-state index >= 15 is 0 Å². The third-order valence-corrected chi connectivity index (χ3v) is 6.03. The van der Waals surface area contributed by atoms with Crippen LogP contribution in [0.4, 0.5) is 0 Å². The molecule has 7 heteroatoms. The van der Waals surface area contributed by atoms with Crippen molar-refractivity contribution < 1.29 is 14.6 Å². The molecule has 3 heterocycles. The average Bonchev–Trinajstić information content (AvgIpc) is 3.17. The molecule has 0 aliphatic carbocycles. The molecule has 1 saturated heterocycles. The number of hydrogen-bond donors (Lipinski definition) is 1. The quantitative estimate of drug-likeness (QED) is 0.473. The standard InChI is InChI=1S/C25H22ClN3O3/c26-19-8-5-17(6-9-19)24-22(16-28-11-13-32-14-12-28)29-15-18(7-10-23(29)27-24)20-3-1-2-4-21(20)25(30)31/h1-10,15H,11-14,16H2,(H,30,31). The van der Waals surface area contributed by atoms with Crippen LogP contribution in [0.2, 0.25) is 5.02 Å². The summed E-state index contributed by atoms with van der Waals surface area (Å²) in [4.78, 5) is 19.0. The van der Waals surface area contributed by atoms with E-state index in [9.17, 15) is 9.90 Å². The van der Waals surface area contributed by atoms with Crippen LogP contribution in [0, 0.1) is 0 Å². The number of carboxylic acids is 1. The Bertz CT molecular complexity index is 1280. The molecule has 0 atom stereocenters. The van der Waals surface area contributed by atoms with Gasteiger partial charge in [-0.2, -0.15) is 0 Å². The Morgan fingerprint density at radius 3 is 2.47 bits per heavy atom. The normalized spacial score (nSPS) is 14.7. The first-order valence-electron chi connectivity index (χ1n) is 10.5. The van der Waals surface area contributed by atoms with Gasteiger partial charge in [-0.3, -0.25) is 4.90 Å². The molecule has 1 N–H and O–H groups in total. The van der Waals surface area contributed by atoms with Gasteiger partial charge in [0.05, 0.1) is 30.2 Å². The smallest absolute Gasteiger partial charge is 0.336 e. The highest BCUT2D eigenvalue weighted by Gasteiger charge is 2.20. The third kappa shape index (κ3) is 4.00. The maximum atomic E-state index is 11.8. The molecule has 0 radical (unpaired) electrons. The molecule has 6 nitrogen and oxygen atoms in total. The highest BCUT2D eigenvalue weighted by atomic mass is 35.5. The molecule has 2 aromatic carbocycles. The number of imidazole rings is 1. The van der Waals surface area contributed by atoms with Crippen molar-refractivity contribution in [2.45, 2.75) is 6.54 Å². The highest BCUT2D eigenvalue weighted by Crippen LogP contribution is 2.30. The van der Waals surface area contributed by atoms with Crippen LogP contribution in [-0.4, -0.2) is 51.7 Å². The number of benzene rings is 2. The van der Waals surface area contributed by atoms with Crippen LogP contribution >= 0.6 is 11.6 Å². The Morgan fingerprint density at radius 1 is 1.00 bits per heavy atom. The topological polar surface area (TPSA) is 67.1 Å². The van der Waals surface area contributed by atoms with Gasteiger partial charge in [0.25, 0.3) is 0 Å². The van der Waals surface area contributed by atoms with Gasteiger partial charge in [-0.1, -0.05) is 41.9 Å². The van der Waals surface area contributed by atoms with Crippen LogP contribution in [0.3, 0.4) is 0 Å². The van der Waals surface area contributed by atoms with Crippen molar-refractivity contribution in [3.8, 4) is 22.4 Å². The second-order valence-corrected chi connectivity index (χ2v) is 8.24. The minimum Gasteiger partial charge on any atom is -0.478 e. The van der Waals surface area contributed by atoms with Gasteiger partial charge in [0.15, 0.2) is 0 Å². The zero-order valence-electron chi connectivity index (χ0n) is 17.4. The zero-order chi connectivity index (χ0) is 22.1. The molecule has 1 aliphatic rings. The summed E-state index contributed by atoms with van der Waals surface area (Å²) in [6.45, 7) is 3.85. The summed E-state index contributed by atoms with van der Waals surface area (Å²) in [5.74, 6) is -0.943. The molecule has 0 saturated carbocycles. The molecule has 5 rings (SSSR count). The Labute approximate surface area is 190 Å². The van der Waals surface area contributed by atoms with Crippen LogP contribution in [0.5, 0.6) is 0 Å². The predicted octanol–water partition coefficient (Wildman–Crippen LogP) is 4.85. The fraction of sp³-hybridized carbons (Fsp3) is 0.200. The maximum absolute atomic E-state index is 11.8. The van der Waals surface area contributed by atoms with E-state index in [0.717, 1.165) is 41.3 Å². The van der Waals surface area contributed by atoms with Crippen LogP contribution in [0.15, 0.2) is 66.9 Å². The van der Waals surface area contributed by atoms with Gasteiger partial charge in [0.2, 0.25) is 0 Å². The van der Waals surface area contributed by atoms with E-state index in [4.69, 9.17) is 21.3 Å². The van der Waals surface area contributed by atoms with E-state index in [1.54, 1.807) is 12.1 Å². The number of halogens is 1. The van der Waals surface area contributed by atoms with Crippen LogP contribution in [0.1, 0.15) is 16.1 Å². The second-order valence-electron chi connectivity index (χ2n) is 7.80. The number of rotatable bonds is 5. The molecule has 1 fully saturated rings. The molecule has 1 aliphatic heterocycles. The van der Waals surface area contributed by atoms with Gasteiger partial charge in [0.1, 0.15) is 5.65 Å². The summed E-state index contributed by atoms with van der Waals surface area (Å²) in [6, 6.07) is 18.6. The predicted molar refractivity (Wildman–Crippen MR) is 124 cm³/mol. The number of aromatic nitrogens is 2. The van der Waals surface area contributed by atoms with E-state index in [1.807, 2.05) is 54.7 Å². The molecule has 32 heavy (non-hydrogen) atoms. The van der Waals surface area contributed by atoms with Gasteiger partial charge in [-0.15, -0.1) is 0 Å². The molecular formula is C25H22ClN3O3. The first kappa shape index (κ1) is 20.7. The fourth-order valence-electron chi connectivity index (χ4n) is 4.14. The SMILES string of the molecule is O=C(O)c1ccccc1-c1ccc2nc(-c3ccc(Cl)cc3)c(CN3CCOCC3)n2c1. The van der Waals surface area contributed by atoms with Gasteiger partial charge < -0.3 is 14.2 Å². The van der Waals surface area contributed by atoms with Crippen molar-refractivity contribution in [1.29, 1.82) is 0 Å². The Kier molecular flexibility index (Phi) is 5.66. The Morgan fingerprint density at radius 2 is 1.72 bits per heavy atom. The largest absolute Gasteiger partial charge is 0.478 e. The van der Waals surface area contributed by atoms with E-state index in [1.165, 1.54) is 0 Å². The molecule has 2 aromatic heterocycles. The molecule has 0 bridgehead atoms. The summed E-state index contributed by atoms with van der Waals surface area (Å²) < 4.78 is 7.59. The van der Waals surface area contributed by atoms with Crippen molar-refractivity contribution in [3.05, 3.63) is 83.1 Å². The molecular weight excluding hydrogens is 426 g/mol. The number of ether oxygens (including phenoxy) is 1. The molecule has 0 spiro atoms. The minimum atomic E-state index is -0.943. The van der Waals surface area contributed by atoms with Crippen LogP contribution in [0.25, 0.3) is 28.0 Å². The summed E-state index contributed by atoms with van der Waals surface area (Å²) >= 11 is 6.11. The van der Waals surface area contributed by atoms with E-state index in [-0.39, 0.29) is 5.56 Å². The van der Waals surface area contributed by atoms with Gasteiger partial charge in [-0.25, -0.2) is 9.78 Å². The van der Waals surface area contributed by atoms with Crippen LogP contribution < -0.4 is 0 Å². The van der Waals surface area contributed by atoms with Crippen molar-refractivity contribution in [2.75, 3.05) is 26.3 Å². The number of pyridine rings is 1. The lowest BCUT2D eigenvalue weighted by Gasteiger charge is -2.26. The van der Waals surface area contributed by atoms with E-state index in [2.05, 4.69) is 9.30 Å². The van der Waals surface area contributed by atoms with Crippen molar-refractivity contribution in [3.63, 3.8) is 0 Å². The van der Waals surface area contributed by atoms with Crippen LogP contribution in [-0.2, 0) is 11.3 Å². The average molecular weight is 448 g/mol. The Hall–Kier alpha value is -3.19. The van der Waals surface area contributed by atoms with Crippen molar-refractivity contribution in [1.82, 2.24) is 14.3 Å². The highest BCUT2D eigenvalue weighted by molar-refractivity contribution is 6.30. The van der Waals surface area contributed by atoms with E-state index in [0.29, 0.717) is 30.3 Å². The first-order chi connectivity index (χ1) is 15.6. The molecule has 0 unspecified atom stereocenters. The van der Waals surface area contributed by atoms with Crippen molar-refractivity contribution >= 4 is 23.2 Å². The second kappa shape index (κ2) is 8.74. The van der Waals surface area contributed by atoms with Gasteiger partial charge in [-0.05, 0) is 41.5 Å². The van der Waals surface area contributed by atoms with E-state index < -0.39 is 5.97 Å². The number of carbonyl (C=O) groups is 1. The lowest BCUT2D eigenvalue weighted by molar-refractivity contribution is 0.0336. The summed E-state index contributed by atoms with van der Waals surface area (Å²) in [5.41, 5.74) is 5.55. The summed E-state index contributed by atoms with van der Waals surface area (Å²) in [5, 5.41) is 10.3. The number of nitrogens with zero attached hydrogens (tertiary/aromatic N) is 3. The lowest BCUT2D eigenvalue weighted by Crippen LogP contribution is -2.36. The number of hydrogen-bond acceptors (Lipinski definition) is 4. The van der Waals surface area contributed by atoms with Crippen molar-refractivity contribution in [2.24, 2.45) is 0 Å². The maximum Gasteiger partial charge on any atom is 0.336 e. The van der Waals surface area contributed by atoms with Gasteiger partial charge in [0, 0.05) is 36.4 Å². The zero-order valence-corrected chi connectivity index (χ0v) is 18.1. The molecule has 162 valence electrons. The summed E-state index contributed by atoms with van der Waals surface area (Å²) in [7, 11) is 0. The number of carboxylic acid groups (broad SMARTS) is 1. The van der Waals surface area contributed by atoms with Gasteiger partial charge >= 0.3 is 5.97 Å².